The van der Waals surface area contributed by atoms with Crippen molar-refractivity contribution in [2.24, 2.45) is 0 Å². The van der Waals surface area contributed by atoms with Gasteiger partial charge in [0.2, 0.25) is 0 Å². The van der Waals surface area contributed by atoms with E-state index in [0.29, 0.717) is 12.6 Å². The summed E-state index contributed by atoms with van der Waals surface area (Å²) in [5, 5.41) is 3.72. The van der Waals surface area contributed by atoms with Crippen LogP contribution in [0.25, 0.3) is 0 Å². The Morgan fingerprint density at radius 3 is 2.44 bits per heavy atom. The van der Waals surface area contributed by atoms with Gasteiger partial charge in [0.15, 0.2) is 0 Å². The highest BCUT2D eigenvalue weighted by Crippen LogP contribution is 2.24. The predicted molar refractivity (Wildman–Crippen MR) is 121 cm³/mol. The van der Waals surface area contributed by atoms with Gasteiger partial charge in [0.25, 0.3) is 0 Å². The van der Waals surface area contributed by atoms with Crippen molar-refractivity contribution in [3.8, 4) is 5.75 Å². The number of likely N-dealkylation sites (tertiary alicyclic amines) is 1. The maximum atomic E-state index is 5.75. The van der Waals surface area contributed by atoms with Crippen LogP contribution in [0.5, 0.6) is 5.75 Å². The summed E-state index contributed by atoms with van der Waals surface area (Å²) in [7, 11) is 0. The first-order chi connectivity index (χ1) is 12.2. The van der Waals surface area contributed by atoms with E-state index in [0.717, 1.165) is 36.4 Å². The zero-order valence-electron chi connectivity index (χ0n) is 15.7. The van der Waals surface area contributed by atoms with Crippen LogP contribution in [0.2, 0.25) is 0 Å². The second-order valence-corrected chi connectivity index (χ2v) is 7.52. The molecule has 0 bridgehead atoms. The van der Waals surface area contributed by atoms with E-state index in [4.69, 9.17) is 4.74 Å². The van der Waals surface area contributed by atoms with Gasteiger partial charge in [-0.05, 0) is 56.6 Å². The van der Waals surface area contributed by atoms with E-state index < -0.39 is 0 Å². The van der Waals surface area contributed by atoms with Gasteiger partial charge in [-0.2, -0.15) is 0 Å². The summed E-state index contributed by atoms with van der Waals surface area (Å²) in [4.78, 5) is 2.55. The van der Waals surface area contributed by atoms with Crippen LogP contribution in [-0.4, -0.2) is 30.6 Å². The third kappa shape index (κ3) is 7.63. The Labute approximate surface area is 183 Å². The van der Waals surface area contributed by atoms with Gasteiger partial charge in [-0.25, -0.2) is 0 Å². The summed E-state index contributed by atoms with van der Waals surface area (Å²) >= 11 is 3.56. The molecule has 3 nitrogen and oxygen atoms in total. The highest BCUT2D eigenvalue weighted by Gasteiger charge is 2.19. The lowest BCUT2D eigenvalue weighted by Gasteiger charge is -2.32. The van der Waals surface area contributed by atoms with E-state index in [9.17, 15) is 0 Å². The molecule has 1 saturated heterocycles. The van der Waals surface area contributed by atoms with E-state index in [2.05, 4.69) is 62.5 Å². The number of nitrogens with one attached hydrogen (secondary N) is 1. The molecule has 1 heterocycles. The first kappa shape index (κ1) is 24.3. The number of piperidine rings is 1. The zero-order chi connectivity index (χ0) is 17.5. The van der Waals surface area contributed by atoms with Crippen molar-refractivity contribution in [1.82, 2.24) is 10.2 Å². The zero-order valence-corrected chi connectivity index (χ0v) is 18.9. The summed E-state index contributed by atoms with van der Waals surface area (Å²) in [5.41, 5.74) is 2.63. The smallest absolute Gasteiger partial charge is 0.123 e. The Balaban J connectivity index is 0.00000182. The first-order valence-corrected chi connectivity index (χ1v) is 9.95. The predicted octanol–water partition coefficient (Wildman–Crippen LogP) is 5.45. The summed E-state index contributed by atoms with van der Waals surface area (Å²) in [6.07, 6.45) is 2.40. The number of ether oxygens (including phenoxy) is 1. The van der Waals surface area contributed by atoms with Crippen LogP contribution < -0.4 is 10.1 Å². The largest absolute Gasteiger partial charge is 0.494 e. The normalized spacial score (nSPS) is 14.9. The van der Waals surface area contributed by atoms with E-state index in [1.54, 1.807) is 0 Å². The molecule has 0 aromatic heterocycles. The van der Waals surface area contributed by atoms with Crippen LogP contribution in [0.3, 0.4) is 0 Å². The fourth-order valence-electron chi connectivity index (χ4n) is 3.37. The van der Waals surface area contributed by atoms with Crippen molar-refractivity contribution in [3.05, 3.63) is 64.1 Å². The Morgan fingerprint density at radius 1 is 1.07 bits per heavy atom. The average Bonchev–Trinajstić information content (AvgIpc) is 2.64. The van der Waals surface area contributed by atoms with E-state index in [1.165, 1.54) is 24.0 Å². The molecular weight excluding hydrogens is 447 g/mol. The Hall–Kier alpha value is -0.780. The fourth-order valence-corrected chi connectivity index (χ4v) is 3.78. The van der Waals surface area contributed by atoms with Crippen molar-refractivity contribution < 1.29 is 4.74 Å². The maximum Gasteiger partial charge on any atom is 0.123 e. The van der Waals surface area contributed by atoms with Crippen LogP contribution in [0.4, 0.5) is 0 Å². The Morgan fingerprint density at radius 2 is 1.78 bits per heavy atom. The Kier molecular flexibility index (Phi) is 11.4. The molecule has 1 N–H and O–H groups in total. The lowest BCUT2D eigenvalue weighted by atomic mass is 10.0. The first-order valence-electron chi connectivity index (χ1n) is 9.15. The van der Waals surface area contributed by atoms with E-state index in [-0.39, 0.29) is 24.8 Å². The minimum absolute atomic E-state index is 0. The summed E-state index contributed by atoms with van der Waals surface area (Å²) in [5.74, 6) is 0.986. The molecular formula is C21H29BrCl2N2O. The van der Waals surface area contributed by atoms with Gasteiger partial charge in [0.05, 0.1) is 6.61 Å². The molecule has 0 radical (unpaired) electrons. The number of halogens is 3. The summed E-state index contributed by atoms with van der Waals surface area (Å²) in [6.45, 7) is 6.97. The van der Waals surface area contributed by atoms with E-state index >= 15 is 0 Å². The van der Waals surface area contributed by atoms with Crippen LogP contribution in [-0.2, 0) is 13.1 Å². The highest BCUT2D eigenvalue weighted by atomic mass is 79.9. The van der Waals surface area contributed by atoms with Gasteiger partial charge in [-0.1, -0.05) is 46.3 Å². The number of nitrogens with zero attached hydrogens (tertiary/aromatic N) is 1. The van der Waals surface area contributed by atoms with Crippen molar-refractivity contribution in [2.45, 2.75) is 38.9 Å². The van der Waals surface area contributed by atoms with E-state index in [1.807, 2.05) is 19.1 Å². The minimum Gasteiger partial charge on any atom is -0.494 e. The lowest BCUT2D eigenvalue weighted by molar-refractivity contribution is 0.190. The quantitative estimate of drug-likeness (QED) is 0.576. The van der Waals surface area contributed by atoms with Gasteiger partial charge in [-0.3, -0.25) is 4.90 Å². The average molecular weight is 476 g/mol. The lowest BCUT2D eigenvalue weighted by Crippen LogP contribution is -2.41. The third-order valence-corrected chi connectivity index (χ3v) is 5.23. The van der Waals surface area contributed by atoms with Crippen LogP contribution >= 0.6 is 40.7 Å². The summed E-state index contributed by atoms with van der Waals surface area (Å²) in [6, 6.07) is 17.6. The molecule has 0 spiro atoms. The maximum absolute atomic E-state index is 5.75. The molecule has 1 aliphatic rings. The monoisotopic (exact) mass is 474 g/mol. The summed E-state index contributed by atoms with van der Waals surface area (Å²) < 4.78 is 6.85. The second kappa shape index (κ2) is 12.6. The van der Waals surface area contributed by atoms with Crippen molar-refractivity contribution >= 4 is 40.7 Å². The molecule has 1 aliphatic heterocycles. The number of benzene rings is 2. The van der Waals surface area contributed by atoms with Crippen LogP contribution in [0.1, 0.15) is 30.9 Å². The molecule has 2 aromatic carbocycles. The molecule has 3 rings (SSSR count). The third-order valence-electron chi connectivity index (χ3n) is 4.74. The molecule has 0 unspecified atom stereocenters. The van der Waals surface area contributed by atoms with Crippen molar-refractivity contribution in [2.75, 3.05) is 19.7 Å². The van der Waals surface area contributed by atoms with Crippen molar-refractivity contribution in [3.63, 3.8) is 0 Å². The fraction of sp³-hybridized carbons (Fsp3) is 0.429. The van der Waals surface area contributed by atoms with Gasteiger partial charge in [-0.15, -0.1) is 24.8 Å². The number of hydrogen-bond acceptors (Lipinski definition) is 3. The Bertz CT molecular complexity index is 664. The molecule has 0 saturated carbocycles. The van der Waals surface area contributed by atoms with Crippen LogP contribution in [0.15, 0.2) is 53.0 Å². The molecule has 0 amide bonds. The molecule has 6 heteroatoms. The standard InChI is InChI=1S/C21H27BrN2O.2ClH/c1-2-25-21-9-8-19(22)14-18(21)15-23-20-10-12-24(13-11-20)16-17-6-4-3-5-7-17;;/h3-9,14,20,23H,2,10-13,15-16H2,1H3;2*1H. The van der Waals surface area contributed by atoms with Gasteiger partial charge in [0.1, 0.15) is 5.75 Å². The molecule has 0 atom stereocenters. The van der Waals surface area contributed by atoms with Gasteiger partial charge < -0.3 is 10.1 Å². The SMILES string of the molecule is CCOc1ccc(Br)cc1CNC1CCN(Cc2ccccc2)CC1.Cl.Cl. The minimum atomic E-state index is 0. The molecule has 2 aromatic rings. The van der Waals surface area contributed by atoms with Crippen LogP contribution in [0, 0.1) is 0 Å². The number of hydrogen-bond donors (Lipinski definition) is 1. The molecule has 150 valence electrons. The molecule has 0 aliphatic carbocycles. The highest BCUT2D eigenvalue weighted by molar-refractivity contribution is 9.10. The second-order valence-electron chi connectivity index (χ2n) is 6.60. The molecule has 1 fully saturated rings. The topological polar surface area (TPSA) is 24.5 Å². The van der Waals surface area contributed by atoms with Gasteiger partial charge in [0, 0.05) is 29.2 Å². The van der Waals surface area contributed by atoms with Gasteiger partial charge >= 0.3 is 0 Å². The van der Waals surface area contributed by atoms with Crippen molar-refractivity contribution in [1.29, 1.82) is 0 Å². The molecule has 27 heavy (non-hydrogen) atoms. The number of rotatable bonds is 7.